The second kappa shape index (κ2) is 4.49. The van der Waals surface area contributed by atoms with E-state index in [1.54, 1.807) is 6.07 Å². The van der Waals surface area contributed by atoms with Crippen LogP contribution in [0.3, 0.4) is 0 Å². The zero-order valence-corrected chi connectivity index (χ0v) is 9.47. The summed E-state index contributed by atoms with van der Waals surface area (Å²) in [6.07, 6.45) is 1.53. The molecule has 0 radical (unpaired) electrons. The molecule has 13 heavy (non-hydrogen) atoms. The van der Waals surface area contributed by atoms with Crippen molar-refractivity contribution in [2.75, 3.05) is 5.75 Å². The van der Waals surface area contributed by atoms with Crippen molar-refractivity contribution in [1.82, 2.24) is 4.98 Å². The predicted octanol–water partition coefficient (Wildman–Crippen LogP) is 1.79. The predicted molar refractivity (Wildman–Crippen MR) is 54.9 cm³/mol. The van der Waals surface area contributed by atoms with Crippen LogP contribution in [0.2, 0.25) is 0 Å². The number of halogens is 1. The second-order valence-corrected chi connectivity index (χ2v) is 5.11. The molecule has 68 valence electrons. The van der Waals surface area contributed by atoms with Gasteiger partial charge in [-0.3, -0.25) is 0 Å². The first kappa shape index (κ1) is 10.4. The van der Waals surface area contributed by atoms with Gasteiger partial charge in [0, 0.05) is 16.7 Å². The average molecular weight is 260 g/mol. The standard InChI is InChI=1S/C8H7BrN2OS/c1-2-13(12)8-3-6(9)5-11-7(8)4-10/h3,5H,2H2,1H3/p+1. The maximum atomic E-state index is 11.5. The molecule has 0 N–H and O–H groups in total. The zero-order chi connectivity index (χ0) is 9.84. The highest BCUT2D eigenvalue weighted by Gasteiger charge is 2.15. The molecule has 0 fully saturated rings. The topological polar surface area (TPSA) is 53.8 Å². The summed E-state index contributed by atoms with van der Waals surface area (Å²) < 4.78 is 12.2. The van der Waals surface area contributed by atoms with Crippen LogP contribution in [0.5, 0.6) is 0 Å². The highest BCUT2D eigenvalue weighted by molar-refractivity contribution is 9.10. The van der Waals surface area contributed by atoms with Crippen molar-refractivity contribution < 1.29 is 4.21 Å². The molecule has 1 rings (SSSR count). The Labute approximate surface area is 87.4 Å². The van der Waals surface area contributed by atoms with Crippen LogP contribution in [0.1, 0.15) is 12.6 Å². The summed E-state index contributed by atoms with van der Waals surface area (Å²) in [4.78, 5) is 4.41. The lowest BCUT2D eigenvalue weighted by atomic mass is 10.4. The Kier molecular flexibility index (Phi) is 3.58. The highest BCUT2D eigenvalue weighted by atomic mass is 79.9. The number of aromatic nitrogens is 1. The van der Waals surface area contributed by atoms with Crippen LogP contribution in [0.4, 0.5) is 0 Å². The van der Waals surface area contributed by atoms with Gasteiger partial charge < -0.3 is 0 Å². The van der Waals surface area contributed by atoms with Crippen LogP contribution in [0, 0.1) is 11.3 Å². The van der Waals surface area contributed by atoms with Crippen LogP contribution in [0.15, 0.2) is 21.6 Å². The fraction of sp³-hybridized carbons (Fsp3) is 0.250. The van der Waals surface area contributed by atoms with E-state index in [0.717, 1.165) is 4.47 Å². The Morgan fingerprint density at radius 3 is 3.00 bits per heavy atom. The van der Waals surface area contributed by atoms with Crippen molar-refractivity contribution in [2.45, 2.75) is 11.8 Å². The third-order valence-corrected chi connectivity index (χ3v) is 3.38. The molecule has 0 aliphatic heterocycles. The summed E-state index contributed by atoms with van der Waals surface area (Å²) in [6.45, 7) is 1.82. The Morgan fingerprint density at radius 1 is 1.77 bits per heavy atom. The first-order valence-electron chi connectivity index (χ1n) is 3.69. The molecule has 0 spiro atoms. The minimum Gasteiger partial charge on any atom is -0.240 e. The van der Waals surface area contributed by atoms with E-state index in [2.05, 4.69) is 20.9 Å². The van der Waals surface area contributed by atoms with E-state index in [4.69, 9.17) is 5.26 Å². The molecule has 1 aromatic heterocycles. The third kappa shape index (κ3) is 2.36. The zero-order valence-electron chi connectivity index (χ0n) is 6.99. The molecule has 0 aliphatic carbocycles. The summed E-state index contributed by atoms with van der Waals surface area (Å²) >= 11 is 3.22. The molecule has 3 nitrogen and oxygen atoms in total. The van der Waals surface area contributed by atoms with Gasteiger partial charge in [0.15, 0.2) is 10.6 Å². The second-order valence-electron chi connectivity index (χ2n) is 2.33. The molecule has 0 saturated heterocycles. The van der Waals surface area contributed by atoms with Gasteiger partial charge in [-0.05, 0) is 22.9 Å². The van der Waals surface area contributed by atoms with Crippen molar-refractivity contribution in [3.8, 4) is 6.07 Å². The fourth-order valence-electron chi connectivity index (χ4n) is 0.875. The monoisotopic (exact) mass is 259 g/mol. The molecule has 1 atom stereocenters. The number of thiol groups is 1. The van der Waals surface area contributed by atoms with Crippen molar-refractivity contribution in [3.05, 3.63) is 22.4 Å². The van der Waals surface area contributed by atoms with Gasteiger partial charge >= 0.3 is 0 Å². The normalized spacial score (nSPS) is 12.1. The Hall–Kier alpha value is -0.730. The number of hydrogen-bond acceptors (Lipinski definition) is 3. The van der Waals surface area contributed by atoms with Crippen molar-refractivity contribution in [2.24, 2.45) is 0 Å². The van der Waals surface area contributed by atoms with Crippen LogP contribution in [-0.2, 0) is 15.0 Å². The lowest BCUT2D eigenvalue weighted by Crippen LogP contribution is -1.98. The third-order valence-electron chi connectivity index (χ3n) is 1.50. The molecule has 0 aromatic carbocycles. The molecule has 1 aromatic rings. The van der Waals surface area contributed by atoms with Gasteiger partial charge in [0.1, 0.15) is 22.6 Å². The van der Waals surface area contributed by atoms with Gasteiger partial charge in [-0.1, -0.05) is 0 Å². The number of rotatable bonds is 2. The fourth-order valence-corrected chi connectivity index (χ4v) is 2.35. The van der Waals surface area contributed by atoms with Gasteiger partial charge in [0.05, 0.1) is 0 Å². The van der Waals surface area contributed by atoms with E-state index in [1.807, 2.05) is 13.0 Å². The molecule has 0 aliphatic rings. The number of hydrogen-bond donors (Lipinski definition) is 0. The molecular weight excluding hydrogens is 252 g/mol. The number of nitrogens with zero attached hydrogens (tertiary/aromatic N) is 2. The minimum atomic E-state index is -1.48. The maximum Gasteiger partial charge on any atom is 0.195 e. The van der Waals surface area contributed by atoms with Gasteiger partial charge in [-0.2, -0.15) is 5.26 Å². The van der Waals surface area contributed by atoms with Gasteiger partial charge in [-0.15, -0.1) is 4.21 Å². The lowest BCUT2D eigenvalue weighted by Gasteiger charge is -1.95. The summed E-state index contributed by atoms with van der Waals surface area (Å²) in [5, 5.41) is 8.70. The largest absolute Gasteiger partial charge is 0.240 e. The van der Waals surface area contributed by atoms with Crippen LogP contribution < -0.4 is 0 Å². The minimum absolute atomic E-state index is 0.256. The molecular formula is C8H8BrN2OS+. The van der Waals surface area contributed by atoms with Crippen molar-refractivity contribution >= 4 is 26.7 Å². The number of nitriles is 1. The Balaban J connectivity index is 3.25. The van der Waals surface area contributed by atoms with E-state index >= 15 is 0 Å². The van der Waals surface area contributed by atoms with Gasteiger partial charge in [0.2, 0.25) is 0 Å². The van der Waals surface area contributed by atoms with Crippen LogP contribution in [-0.4, -0.2) is 10.7 Å². The molecule has 0 amide bonds. The van der Waals surface area contributed by atoms with Gasteiger partial charge in [0.25, 0.3) is 0 Å². The highest BCUT2D eigenvalue weighted by Crippen LogP contribution is 2.17. The average Bonchev–Trinajstić information content (AvgIpc) is 2.16. The van der Waals surface area contributed by atoms with E-state index in [0.29, 0.717) is 10.6 Å². The van der Waals surface area contributed by atoms with Crippen LogP contribution >= 0.6 is 15.9 Å². The SMILES string of the molecule is CC[SH+](=O)c1cc(Br)cnc1C#N. The van der Waals surface area contributed by atoms with E-state index < -0.39 is 10.8 Å². The lowest BCUT2D eigenvalue weighted by molar-refractivity contribution is 0.595. The Bertz CT molecular complexity index is 386. The maximum absolute atomic E-state index is 11.5. The number of pyridine rings is 1. The molecule has 0 bridgehead atoms. The summed E-state index contributed by atoms with van der Waals surface area (Å²) in [6, 6.07) is 3.61. The first-order valence-corrected chi connectivity index (χ1v) is 5.93. The quantitative estimate of drug-likeness (QED) is 0.601. The summed E-state index contributed by atoms with van der Waals surface area (Å²) in [7, 11) is -1.48. The summed E-state index contributed by atoms with van der Waals surface area (Å²) in [5.41, 5.74) is 0.256. The molecule has 5 heteroatoms. The summed E-state index contributed by atoms with van der Waals surface area (Å²) in [5.74, 6) is 0.530. The Morgan fingerprint density at radius 2 is 2.46 bits per heavy atom. The molecule has 1 unspecified atom stereocenters. The molecule has 0 saturated carbocycles. The van der Waals surface area contributed by atoms with E-state index in [9.17, 15) is 4.21 Å². The van der Waals surface area contributed by atoms with E-state index in [1.165, 1.54) is 6.20 Å². The smallest absolute Gasteiger partial charge is 0.195 e. The first-order chi connectivity index (χ1) is 6.19. The van der Waals surface area contributed by atoms with Crippen molar-refractivity contribution in [1.29, 1.82) is 5.26 Å². The van der Waals surface area contributed by atoms with E-state index in [-0.39, 0.29) is 5.69 Å². The van der Waals surface area contributed by atoms with Crippen LogP contribution in [0.25, 0.3) is 0 Å². The van der Waals surface area contributed by atoms with Crippen molar-refractivity contribution in [3.63, 3.8) is 0 Å². The van der Waals surface area contributed by atoms with Gasteiger partial charge in [-0.25, -0.2) is 4.98 Å². The molecule has 1 heterocycles.